The van der Waals surface area contributed by atoms with Crippen LogP contribution in [0.25, 0.3) is 0 Å². The van der Waals surface area contributed by atoms with Crippen LogP contribution in [-0.4, -0.2) is 14.3 Å². The summed E-state index contributed by atoms with van der Waals surface area (Å²) in [5.41, 5.74) is 1.34. The minimum atomic E-state index is -4.47. The van der Waals surface area contributed by atoms with Gasteiger partial charge in [-0.3, -0.25) is 10.2 Å². The summed E-state index contributed by atoms with van der Waals surface area (Å²) in [4.78, 5) is 12.4. The van der Waals surface area contributed by atoms with E-state index in [0.29, 0.717) is 12.1 Å². The zero-order valence-electron chi connectivity index (χ0n) is 10.8. The number of amides is 1. The molecular weight excluding hydrogens is 321 g/mol. The third-order valence-electron chi connectivity index (χ3n) is 2.60. The number of sulfonamides is 1. The van der Waals surface area contributed by atoms with Crippen LogP contribution >= 0.6 is 0 Å². The van der Waals surface area contributed by atoms with E-state index >= 15 is 0 Å². The van der Waals surface area contributed by atoms with Crippen LogP contribution in [0.3, 0.4) is 0 Å². The first-order valence-electron chi connectivity index (χ1n) is 5.83. The van der Waals surface area contributed by atoms with E-state index in [1.807, 2.05) is 0 Å². The van der Waals surface area contributed by atoms with E-state index in [2.05, 4.69) is 0 Å². The highest BCUT2D eigenvalue weighted by Crippen LogP contribution is 2.14. The van der Waals surface area contributed by atoms with Gasteiger partial charge in [0.2, 0.25) is 0 Å². The minimum absolute atomic E-state index is 0.382. The fourth-order valence-corrected chi connectivity index (χ4v) is 2.47. The maximum Gasteiger partial charge on any atom is 0.269 e. The number of rotatable bonds is 4. The van der Waals surface area contributed by atoms with Crippen LogP contribution in [0.5, 0.6) is 0 Å². The van der Waals surface area contributed by atoms with Crippen molar-refractivity contribution in [3.05, 3.63) is 65.5 Å². The molecule has 0 saturated heterocycles. The number of hydrazine groups is 1. The summed E-state index contributed by atoms with van der Waals surface area (Å²) in [7, 11) is -4.47. The molecule has 0 aliphatic rings. The van der Waals surface area contributed by atoms with Crippen LogP contribution in [0.2, 0.25) is 0 Å². The van der Waals surface area contributed by atoms with Gasteiger partial charge in [-0.25, -0.2) is 21.6 Å². The first-order chi connectivity index (χ1) is 10.3. The molecule has 2 aromatic carbocycles. The van der Waals surface area contributed by atoms with Crippen molar-refractivity contribution < 1.29 is 26.4 Å². The highest BCUT2D eigenvalue weighted by molar-refractivity contribution is 7.89. The van der Waals surface area contributed by atoms with Gasteiger partial charge < -0.3 is 0 Å². The molecule has 0 unspecified atom stereocenters. The maximum absolute atomic E-state index is 13.4. The summed E-state index contributed by atoms with van der Waals surface area (Å²) in [6.07, 6.45) is 0. The summed E-state index contributed by atoms with van der Waals surface area (Å²) < 4.78 is 63.1. The molecule has 2 N–H and O–H groups in total. The van der Waals surface area contributed by atoms with Crippen LogP contribution < -0.4 is 10.3 Å². The Hall–Kier alpha value is -2.39. The standard InChI is InChI=1S/C13H9F3N2O3S/c14-8-5-6-12(11(16)7-8)22(20,21)18-17-13(19)9-3-1-2-4-10(9)15/h1-7,18H,(H,17,19). The van der Waals surface area contributed by atoms with E-state index in [9.17, 15) is 26.4 Å². The van der Waals surface area contributed by atoms with Crippen molar-refractivity contribution in [3.8, 4) is 0 Å². The third kappa shape index (κ3) is 3.43. The molecule has 0 aliphatic carbocycles. The zero-order chi connectivity index (χ0) is 16.3. The molecule has 0 heterocycles. The molecule has 22 heavy (non-hydrogen) atoms. The van der Waals surface area contributed by atoms with Gasteiger partial charge in [-0.05, 0) is 24.3 Å². The Morgan fingerprint density at radius 1 is 0.955 bits per heavy atom. The Balaban J connectivity index is 2.17. The summed E-state index contributed by atoms with van der Waals surface area (Å²) in [5, 5.41) is 0. The summed E-state index contributed by atoms with van der Waals surface area (Å²) >= 11 is 0. The van der Waals surface area contributed by atoms with Gasteiger partial charge in [0.15, 0.2) is 0 Å². The van der Waals surface area contributed by atoms with Gasteiger partial charge in [-0.2, -0.15) is 0 Å². The molecule has 0 aromatic heterocycles. The topological polar surface area (TPSA) is 75.3 Å². The number of hydrogen-bond acceptors (Lipinski definition) is 3. The lowest BCUT2D eigenvalue weighted by Crippen LogP contribution is -2.42. The number of hydrogen-bond donors (Lipinski definition) is 2. The predicted octanol–water partition coefficient (Wildman–Crippen LogP) is 1.73. The van der Waals surface area contributed by atoms with E-state index in [0.717, 1.165) is 18.2 Å². The predicted molar refractivity (Wildman–Crippen MR) is 70.5 cm³/mol. The number of carbonyl (C=O) groups is 1. The monoisotopic (exact) mass is 330 g/mol. The fourth-order valence-electron chi connectivity index (χ4n) is 1.57. The quantitative estimate of drug-likeness (QED) is 0.839. The molecule has 1 amide bonds. The second-order valence-electron chi connectivity index (χ2n) is 4.11. The lowest BCUT2D eigenvalue weighted by molar-refractivity contribution is 0.0941. The van der Waals surface area contributed by atoms with E-state index in [1.165, 1.54) is 12.1 Å². The molecule has 0 bridgehead atoms. The second kappa shape index (κ2) is 6.16. The van der Waals surface area contributed by atoms with E-state index in [-0.39, 0.29) is 0 Å². The third-order valence-corrected chi connectivity index (χ3v) is 3.88. The van der Waals surface area contributed by atoms with Crippen molar-refractivity contribution in [1.82, 2.24) is 10.3 Å². The fraction of sp³-hybridized carbons (Fsp3) is 0. The van der Waals surface area contributed by atoms with E-state index < -0.39 is 43.8 Å². The average Bonchev–Trinajstić information content (AvgIpc) is 2.45. The van der Waals surface area contributed by atoms with Crippen LogP contribution in [0.15, 0.2) is 47.4 Å². The number of halogens is 3. The molecule has 2 aromatic rings. The number of carbonyl (C=O) groups excluding carboxylic acids is 1. The molecule has 0 fully saturated rings. The van der Waals surface area contributed by atoms with Gasteiger partial charge in [0.05, 0.1) is 5.56 Å². The van der Waals surface area contributed by atoms with Crippen molar-refractivity contribution in [3.63, 3.8) is 0 Å². The van der Waals surface area contributed by atoms with E-state index in [4.69, 9.17) is 0 Å². The van der Waals surface area contributed by atoms with Gasteiger partial charge in [-0.1, -0.05) is 12.1 Å². The molecular formula is C13H9F3N2O3S. The van der Waals surface area contributed by atoms with Crippen LogP contribution in [0.1, 0.15) is 10.4 Å². The summed E-state index contributed by atoms with van der Waals surface area (Å²) in [6, 6.07) is 6.71. The van der Waals surface area contributed by atoms with Crippen molar-refractivity contribution in [1.29, 1.82) is 0 Å². The highest BCUT2D eigenvalue weighted by Gasteiger charge is 2.21. The second-order valence-corrected chi connectivity index (χ2v) is 5.77. The molecule has 9 heteroatoms. The SMILES string of the molecule is O=C(NNS(=O)(=O)c1ccc(F)cc1F)c1ccccc1F. The molecule has 5 nitrogen and oxygen atoms in total. The minimum Gasteiger partial charge on any atom is -0.273 e. The smallest absolute Gasteiger partial charge is 0.269 e. The van der Waals surface area contributed by atoms with Gasteiger partial charge >= 0.3 is 0 Å². The van der Waals surface area contributed by atoms with Crippen molar-refractivity contribution in [2.45, 2.75) is 4.90 Å². The Bertz CT molecular complexity index is 825. The summed E-state index contributed by atoms with van der Waals surface area (Å²) in [5.74, 6) is -4.20. The molecule has 0 aliphatic heterocycles. The van der Waals surface area contributed by atoms with Gasteiger partial charge in [0.1, 0.15) is 22.3 Å². The Morgan fingerprint density at radius 3 is 2.27 bits per heavy atom. The lowest BCUT2D eigenvalue weighted by Gasteiger charge is -2.09. The maximum atomic E-state index is 13.4. The molecule has 0 atom stereocenters. The molecule has 2 rings (SSSR count). The summed E-state index contributed by atoms with van der Waals surface area (Å²) in [6.45, 7) is 0. The van der Waals surface area contributed by atoms with Crippen molar-refractivity contribution >= 4 is 15.9 Å². The first-order valence-corrected chi connectivity index (χ1v) is 7.31. The Morgan fingerprint density at radius 2 is 1.64 bits per heavy atom. The van der Waals surface area contributed by atoms with Gasteiger partial charge in [0, 0.05) is 6.07 Å². The van der Waals surface area contributed by atoms with Gasteiger partial charge in [0.25, 0.3) is 15.9 Å². The van der Waals surface area contributed by atoms with Crippen LogP contribution in [-0.2, 0) is 10.0 Å². The highest BCUT2D eigenvalue weighted by atomic mass is 32.2. The number of nitrogens with one attached hydrogen (secondary N) is 2. The largest absolute Gasteiger partial charge is 0.273 e. The molecule has 116 valence electrons. The van der Waals surface area contributed by atoms with Crippen LogP contribution in [0.4, 0.5) is 13.2 Å². The number of benzene rings is 2. The zero-order valence-corrected chi connectivity index (χ0v) is 11.6. The Kier molecular flexibility index (Phi) is 4.48. The molecule has 0 spiro atoms. The Labute approximate surface area is 123 Å². The van der Waals surface area contributed by atoms with Crippen molar-refractivity contribution in [2.75, 3.05) is 0 Å². The van der Waals surface area contributed by atoms with Crippen molar-refractivity contribution in [2.24, 2.45) is 0 Å². The van der Waals surface area contributed by atoms with E-state index in [1.54, 1.807) is 10.3 Å². The normalized spacial score (nSPS) is 11.2. The van der Waals surface area contributed by atoms with Crippen LogP contribution in [0, 0.1) is 17.5 Å². The first kappa shape index (κ1) is 16.0. The molecule has 0 saturated carbocycles. The van der Waals surface area contributed by atoms with Gasteiger partial charge in [-0.15, -0.1) is 4.83 Å². The lowest BCUT2D eigenvalue weighted by atomic mass is 10.2. The molecule has 0 radical (unpaired) electrons. The average molecular weight is 330 g/mol.